The third-order valence-electron chi connectivity index (χ3n) is 1.72. The number of hydrogen-bond acceptors (Lipinski definition) is 5. The van der Waals surface area contributed by atoms with Gasteiger partial charge in [-0.2, -0.15) is 0 Å². The third-order valence-corrected chi connectivity index (χ3v) is 2.50. The third kappa shape index (κ3) is 2.28. The van der Waals surface area contributed by atoms with Gasteiger partial charge in [0.05, 0.1) is 12.3 Å². The average Bonchev–Trinajstić information content (AvgIpc) is 2.70. The first kappa shape index (κ1) is 10.0. The lowest BCUT2D eigenvalue weighted by Gasteiger charge is -2.00. The number of aromatic amines is 1. The van der Waals surface area contributed by atoms with Gasteiger partial charge in [-0.25, -0.2) is 9.97 Å². The molecule has 0 aliphatic rings. The van der Waals surface area contributed by atoms with Gasteiger partial charge >= 0.3 is 0 Å². The van der Waals surface area contributed by atoms with Gasteiger partial charge in [0.15, 0.2) is 10.8 Å². The fourth-order valence-electron chi connectivity index (χ4n) is 1.17. The van der Waals surface area contributed by atoms with Crippen LogP contribution in [0.4, 0.5) is 0 Å². The Morgan fingerprint density at radius 3 is 3.13 bits per heavy atom. The second kappa shape index (κ2) is 4.33. The van der Waals surface area contributed by atoms with Crippen LogP contribution in [0.3, 0.4) is 0 Å². The minimum atomic E-state index is -0.192. The van der Waals surface area contributed by atoms with E-state index < -0.39 is 0 Å². The highest BCUT2D eigenvalue weighted by Crippen LogP contribution is 2.15. The maximum Gasteiger partial charge on any atom is 0.251 e. The van der Waals surface area contributed by atoms with E-state index in [0.717, 1.165) is 0 Å². The molecule has 0 fully saturated rings. The Kier molecular flexibility index (Phi) is 2.89. The van der Waals surface area contributed by atoms with Crippen molar-refractivity contribution in [1.29, 1.82) is 0 Å². The Bertz CT molecular complexity index is 492. The molecule has 0 aliphatic carbocycles. The number of aromatic nitrogens is 3. The van der Waals surface area contributed by atoms with Crippen molar-refractivity contribution < 1.29 is 4.74 Å². The second-order valence-corrected chi connectivity index (χ2v) is 3.75. The maximum atomic E-state index is 11.3. The Hall–Kier alpha value is -1.53. The molecule has 1 N–H and O–H groups in total. The predicted molar refractivity (Wildman–Crippen MR) is 56.7 cm³/mol. The summed E-state index contributed by atoms with van der Waals surface area (Å²) in [6, 6.07) is 1.42. The molecule has 0 saturated heterocycles. The molecule has 15 heavy (non-hydrogen) atoms. The summed E-state index contributed by atoms with van der Waals surface area (Å²) in [6.07, 6.45) is 1.67. The molecule has 0 amide bonds. The first-order valence-corrected chi connectivity index (χ1v) is 5.16. The van der Waals surface area contributed by atoms with E-state index in [1.807, 2.05) is 5.38 Å². The zero-order chi connectivity index (χ0) is 10.7. The number of nitrogens with zero attached hydrogens (tertiary/aromatic N) is 2. The van der Waals surface area contributed by atoms with Gasteiger partial charge in [0.2, 0.25) is 0 Å². The molecule has 2 aromatic rings. The summed E-state index contributed by atoms with van der Waals surface area (Å²) in [5.41, 5.74) is 0.411. The van der Waals surface area contributed by atoms with E-state index in [1.165, 1.54) is 17.4 Å². The second-order valence-electron chi connectivity index (χ2n) is 2.86. The largest absolute Gasteiger partial charge is 0.378 e. The molecule has 0 aromatic carbocycles. The number of nitrogens with one attached hydrogen (secondary N) is 1. The molecule has 0 radical (unpaired) electrons. The van der Waals surface area contributed by atoms with Crippen molar-refractivity contribution >= 4 is 11.3 Å². The Labute approximate surface area is 89.8 Å². The average molecular weight is 223 g/mol. The number of H-pyrrole nitrogens is 1. The molecule has 2 aromatic heterocycles. The van der Waals surface area contributed by atoms with E-state index >= 15 is 0 Å². The molecule has 6 heteroatoms. The molecular weight excluding hydrogens is 214 g/mol. The molecule has 0 spiro atoms. The highest BCUT2D eigenvalue weighted by molar-refractivity contribution is 7.12. The van der Waals surface area contributed by atoms with Crippen molar-refractivity contribution in [1.82, 2.24) is 15.0 Å². The van der Waals surface area contributed by atoms with E-state index in [2.05, 4.69) is 15.0 Å². The summed E-state index contributed by atoms with van der Waals surface area (Å²) < 4.78 is 4.92. The highest BCUT2D eigenvalue weighted by Gasteiger charge is 2.05. The van der Waals surface area contributed by atoms with Crippen molar-refractivity contribution in [3.05, 3.63) is 33.7 Å². The van der Waals surface area contributed by atoms with Crippen molar-refractivity contribution in [3.8, 4) is 10.8 Å². The van der Waals surface area contributed by atoms with Crippen LogP contribution in [0.5, 0.6) is 0 Å². The van der Waals surface area contributed by atoms with Crippen LogP contribution in [0, 0.1) is 0 Å². The molecule has 0 bridgehead atoms. The number of ether oxygens (including phenoxy) is 1. The normalized spacial score (nSPS) is 10.5. The van der Waals surface area contributed by atoms with Gasteiger partial charge in [-0.1, -0.05) is 0 Å². The van der Waals surface area contributed by atoms with Gasteiger partial charge in [-0.15, -0.1) is 11.3 Å². The van der Waals surface area contributed by atoms with Gasteiger partial charge < -0.3 is 9.72 Å². The predicted octanol–water partition coefficient (Wildman–Crippen LogP) is 1.04. The number of hydrogen-bond donors (Lipinski definition) is 1. The van der Waals surface area contributed by atoms with Crippen LogP contribution >= 0.6 is 11.3 Å². The van der Waals surface area contributed by atoms with Crippen LogP contribution in [0.25, 0.3) is 10.8 Å². The molecular formula is C9H9N3O2S. The van der Waals surface area contributed by atoms with Crippen molar-refractivity contribution in [2.45, 2.75) is 6.61 Å². The van der Waals surface area contributed by atoms with E-state index in [0.29, 0.717) is 23.1 Å². The Balaban J connectivity index is 2.44. The fraction of sp³-hybridized carbons (Fsp3) is 0.222. The van der Waals surface area contributed by atoms with Crippen molar-refractivity contribution in [3.63, 3.8) is 0 Å². The van der Waals surface area contributed by atoms with Crippen molar-refractivity contribution in [2.24, 2.45) is 0 Å². The maximum absolute atomic E-state index is 11.3. The number of methoxy groups -OCH3 is 1. The summed E-state index contributed by atoms with van der Waals surface area (Å²) in [5, 5.41) is 2.53. The Morgan fingerprint density at radius 2 is 2.47 bits per heavy atom. The molecule has 5 nitrogen and oxygen atoms in total. The summed E-state index contributed by atoms with van der Waals surface area (Å²) >= 11 is 1.43. The summed E-state index contributed by atoms with van der Waals surface area (Å²) in [6.45, 7) is 0.322. The van der Waals surface area contributed by atoms with E-state index in [1.54, 1.807) is 13.3 Å². The van der Waals surface area contributed by atoms with Crippen LogP contribution in [-0.4, -0.2) is 22.1 Å². The van der Waals surface area contributed by atoms with Gasteiger partial charge in [-0.05, 0) is 0 Å². The fourth-order valence-corrected chi connectivity index (χ4v) is 1.75. The summed E-state index contributed by atoms with van der Waals surface area (Å²) in [5.74, 6) is 0.490. The first-order chi connectivity index (χ1) is 7.29. The molecule has 0 atom stereocenters. The minimum Gasteiger partial charge on any atom is -0.378 e. The van der Waals surface area contributed by atoms with Crippen LogP contribution in [-0.2, 0) is 11.3 Å². The lowest BCUT2D eigenvalue weighted by atomic mass is 10.4. The molecule has 0 unspecified atom stereocenters. The minimum absolute atomic E-state index is 0.192. The van der Waals surface area contributed by atoms with Gasteiger partial charge in [0.25, 0.3) is 5.56 Å². The molecule has 0 aliphatic heterocycles. The Morgan fingerprint density at radius 1 is 1.60 bits per heavy atom. The van der Waals surface area contributed by atoms with Crippen LogP contribution in [0.15, 0.2) is 22.4 Å². The van der Waals surface area contributed by atoms with E-state index in [9.17, 15) is 4.79 Å². The molecule has 2 heterocycles. The van der Waals surface area contributed by atoms with Gasteiger partial charge in [0, 0.05) is 24.8 Å². The first-order valence-electron chi connectivity index (χ1n) is 4.28. The van der Waals surface area contributed by atoms with Crippen LogP contribution in [0.2, 0.25) is 0 Å². The standard InChI is InChI=1S/C9H9N3O2S/c1-14-5-6-4-7(13)12-8(11-6)9-10-2-3-15-9/h2-4H,5H2,1H3,(H,11,12,13). The summed E-state index contributed by atoms with van der Waals surface area (Å²) in [4.78, 5) is 22.2. The molecule has 2 rings (SSSR count). The summed E-state index contributed by atoms with van der Waals surface area (Å²) in [7, 11) is 1.56. The molecule has 78 valence electrons. The zero-order valence-corrected chi connectivity index (χ0v) is 8.87. The van der Waals surface area contributed by atoms with Crippen LogP contribution in [0.1, 0.15) is 5.69 Å². The SMILES string of the molecule is COCc1cc(=O)[nH]c(-c2nccs2)n1. The lowest BCUT2D eigenvalue weighted by Crippen LogP contribution is -2.10. The smallest absolute Gasteiger partial charge is 0.251 e. The van der Waals surface area contributed by atoms with Crippen LogP contribution < -0.4 is 5.56 Å². The van der Waals surface area contributed by atoms with Gasteiger partial charge in [-0.3, -0.25) is 4.79 Å². The monoisotopic (exact) mass is 223 g/mol. The quantitative estimate of drug-likeness (QED) is 0.844. The molecule has 0 saturated carbocycles. The topological polar surface area (TPSA) is 67.9 Å². The lowest BCUT2D eigenvalue weighted by molar-refractivity contribution is 0.181. The van der Waals surface area contributed by atoms with E-state index in [4.69, 9.17) is 4.74 Å². The number of thiazole rings is 1. The van der Waals surface area contributed by atoms with Crippen molar-refractivity contribution in [2.75, 3.05) is 7.11 Å². The highest BCUT2D eigenvalue weighted by atomic mass is 32.1. The zero-order valence-electron chi connectivity index (χ0n) is 8.06. The number of rotatable bonds is 3. The van der Waals surface area contributed by atoms with E-state index in [-0.39, 0.29) is 5.56 Å². The van der Waals surface area contributed by atoms with Gasteiger partial charge in [0.1, 0.15) is 0 Å².